The quantitative estimate of drug-likeness (QED) is 0.554. The van der Waals surface area contributed by atoms with Gasteiger partial charge < -0.3 is 15.6 Å². The molecule has 0 aliphatic heterocycles. The van der Waals surface area contributed by atoms with E-state index in [1.807, 2.05) is 0 Å². The Kier molecular flexibility index (Phi) is 3.99. The molecule has 0 radical (unpaired) electrons. The number of hydrogen-bond donors (Lipinski definition) is 2. The minimum absolute atomic E-state index is 0.231. The lowest BCUT2D eigenvalue weighted by Crippen LogP contribution is -2.52. The highest BCUT2D eigenvalue weighted by Gasteiger charge is 2.22. The molecule has 0 bridgehead atoms. The van der Waals surface area contributed by atoms with Crippen LogP contribution in [0.2, 0.25) is 5.02 Å². The smallest absolute Gasteiger partial charge is 0.513 e. The molecule has 0 aromatic heterocycles. The molecule has 1 rings (SSSR count). The molecule has 3 N–H and O–H groups in total. The normalized spacial score (nSPS) is 9.13. The van der Waals surface area contributed by atoms with E-state index in [0.717, 1.165) is 0 Å². The molecule has 0 aliphatic rings. The average Bonchev–Trinajstić information content (AvgIpc) is 2.17. The first-order valence-corrected chi connectivity index (χ1v) is 4.42. The monoisotopic (exact) mass is 226 g/mol. The van der Waals surface area contributed by atoms with Gasteiger partial charge in [-0.3, -0.25) is 9.59 Å². The topological polar surface area (TPSA) is 81.4 Å². The zero-order valence-corrected chi connectivity index (χ0v) is 8.40. The van der Waals surface area contributed by atoms with Gasteiger partial charge in [-0.1, -0.05) is 23.7 Å². The molecule has 0 spiro atoms. The van der Waals surface area contributed by atoms with Crippen molar-refractivity contribution in [3.63, 3.8) is 0 Å². The Hall–Kier alpha value is -1.69. The van der Waals surface area contributed by atoms with Gasteiger partial charge in [0.1, 0.15) is 0 Å². The summed E-state index contributed by atoms with van der Waals surface area (Å²) in [5, 5.41) is 2.80. The highest BCUT2D eigenvalue weighted by molar-refractivity contribution is 6.68. The van der Waals surface area contributed by atoms with Gasteiger partial charge in [0.15, 0.2) is 0 Å². The van der Waals surface area contributed by atoms with Crippen LogP contribution in [0.15, 0.2) is 24.3 Å². The lowest BCUT2D eigenvalue weighted by atomic mass is 9.74. The van der Waals surface area contributed by atoms with Crippen LogP contribution in [-0.4, -0.2) is 19.6 Å². The molecule has 0 fully saturated rings. The number of amides is 2. The lowest BCUT2D eigenvalue weighted by Gasteiger charge is -2.10. The van der Waals surface area contributed by atoms with Crippen LogP contribution in [0.1, 0.15) is 0 Å². The third kappa shape index (κ3) is 3.51. The number of nitrogens with two attached hydrogens (primary N) is 1. The van der Waals surface area contributed by atoms with E-state index in [2.05, 4.69) is 9.88 Å². The number of carbonyl (C=O) groups excluding carboxylic acids is 2. The van der Waals surface area contributed by atoms with Crippen LogP contribution in [0.5, 0.6) is 0 Å². The summed E-state index contributed by atoms with van der Waals surface area (Å²) >= 11 is 5.68. The standard InChI is InChI=1S/C8H8BClN2O3/c10-7-3-1-6(2-4-7)9(15-5-13)12-8(11)14/h1-5H,(H3,11,12,14). The van der Waals surface area contributed by atoms with Crippen LogP contribution < -0.4 is 16.4 Å². The van der Waals surface area contributed by atoms with E-state index in [-0.39, 0.29) is 6.47 Å². The maximum Gasteiger partial charge on any atom is 0.522 e. The third-order valence-corrected chi connectivity index (χ3v) is 1.89. The Morgan fingerprint density at radius 2 is 2.07 bits per heavy atom. The SMILES string of the molecule is NC(=O)NB(OC=O)c1ccc(Cl)cc1. The fraction of sp³-hybridized carbons (Fsp3) is 0. The van der Waals surface area contributed by atoms with E-state index in [9.17, 15) is 9.59 Å². The van der Waals surface area contributed by atoms with E-state index in [1.165, 1.54) is 0 Å². The van der Waals surface area contributed by atoms with Gasteiger partial charge in [0.2, 0.25) is 0 Å². The molecular weight excluding hydrogens is 218 g/mol. The summed E-state index contributed by atoms with van der Waals surface area (Å²) in [6.45, 7) is 0.231. The van der Waals surface area contributed by atoms with Crippen LogP contribution in [0, 0.1) is 0 Å². The van der Waals surface area contributed by atoms with Crippen LogP contribution in [0.3, 0.4) is 0 Å². The molecule has 0 saturated heterocycles. The van der Waals surface area contributed by atoms with Crippen molar-refractivity contribution in [2.45, 2.75) is 0 Å². The molecule has 2 amide bonds. The lowest BCUT2D eigenvalue weighted by molar-refractivity contribution is -0.121. The Balaban J connectivity index is 2.83. The van der Waals surface area contributed by atoms with Crippen LogP contribution in [-0.2, 0) is 9.45 Å². The molecule has 7 heteroatoms. The van der Waals surface area contributed by atoms with Gasteiger partial charge in [-0.2, -0.15) is 0 Å². The Bertz CT molecular complexity index is 357. The zero-order chi connectivity index (χ0) is 11.3. The Morgan fingerprint density at radius 1 is 1.47 bits per heavy atom. The predicted molar refractivity (Wildman–Crippen MR) is 56.7 cm³/mol. The molecule has 78 valence electrons. The second kappa shape index (κ2) is 5.26. The van der Waals surface area contributed by atoms with E-state index in [1.54, 1.807) is 24.3 Å². The minimum atomic E-state index is -0.891. The molecule has 0 heterocycles. The largest absolute Gasteiger partial charge is 0.522 e. The van der Waals surface area contributed by atoms with Crippen molar-refractivity contribution >= 4 is 36.6 Å². The van der Waals surface area contributed by atoms with Gasteiger partial charge in [-0.25, -0.2) is 0 Å². The molecule has 0 atom stereocenters. The summed E-state index contributed by atoms with van der Waals surface area (Å²) in [6.07, 6.45) is 0. The maximum atomic E-state index is 10.6. The number of urea groups is 1. The van der Waals surface area contributed by atoms with Crippen molar-refractivity contribution in [3.8, 4) is 0 Å². The number of rotatable bonds is 4. The van der Waals surface area contributed by atoms with Crippen molar-refractivity contribution in [1.82, 2.24) is 5.23 Å². The number of primary amides is 1. The molecule has 15 heavy (non-hydrogen) atoms. The second-order valence-corrected chi connectivity index (χ2v) is 3.11. The summed E-state index contributed by atoms with van der Waals surface area (Å²) in [4.78, 5) is 20.8. The van der Waals surface area contributed by atoms with Crippen LogP contribution >= 0.6 is 11.6 Å². The predicted octanol–water partition coefficient (Wildman–Crippen LogP) is -0.124. The highest BCUT2D eigenvalue weighted by atomic mass is 35.5. The minimum Gasteiger partial charge on any atom is -0.513 e. The number of carbonyl (C=O) groups is 2. The first-order valence-electron chi connectivity index (χ1n) is 4.04. The fourth-order valence-corrected chi connectivity index (χ4v) is 1.14. The van der Waals surface area contributed by atoms with E-state index in [4.69, 9.17) is 17.3 Å². The number of benzene rings is 1. The molecule has 0 aliphatic carbocycles. The Labute approximate surface area is 91.7 Å². The van der Waals surface area contributed by atoms with Crippen molar-refractivity contribution in [2.24, 2.45) is 5.73 Å². The average molecular weight is 226 g/mol. The van der Waals surface area contributed by atoms with E-state index >= 15 is 0 Å². The maximum absolute atomic E-state index is 10.6. The van der Waals surface area contributed by atoms with Crippen molar-refractivity contribution in [3.05, 3.63) is 29.3 Å². The third-order valence-electron chi connectivity index (χ3n) is 1.64. The second-order valence-electron chi connectivity index (χ2n) is 2.67. The summed E-state index contributed by atoms with van der Waals surface area (Å²) < 4.78 is 4.64. The number of halogens is 1. The fourth-order valence-electron chi connectivity index (χ4n) is 1.02. The van der Waals surface area contributed by atoms with Gasteiger partial charge in [0, 0.05) is 5.02 Å². The van der Waals surface area contributed by atoms with E-state index in [0.29, 0.717) is 10.5 Å². The highest BCUT2D eigenvalue weighted by Crippen LogP contribution is 2.04. The van der Waals surface area contributed by atoms with E-state index < -0.39 is 13.1 Å². The molecule has 5 nitrogen and oxygen atoms in total. The van der Waals surface area contributed by atoms with Gasteiger partial charge in [0.25, 0.3) is 6.47 Å². The first kappa shape index (κ1) is 11.4. The zero-order valence-electron chi connectivity index (χ0n) is 7.64. The molecular formula is C8H8BClN2O3. The van der Waals surface area contributed by atoms with Gasteiger partial charge in [0.05, 0.1) is 0 Å². The molecule has 1 aromatic carbocycles. The summed E-state index contributed by atoms with van der Waals surface area (Å²) in [5.74, 6) is 0. The molecule has 1 aromatic rings. The van der Waals surface area contributed by atoms with Crippen molar-refractivity contribution < 1.29 is 14.2 Å². The van der Waals surface area contributed by atoms with Crippen molar-refractivity contribution in [1.29, 1.82) is 0 Å². The summed E-state index contributed by atoms with van der Waals surface area (Å²) in [5.41, 5.74) is 5.49. The van der Waals surface area contributed by atoms with Gasteiger partial charge in [-0.15, -0.1) is 0 Å². The Morgan fingerprint density at radius 3 is 2.53 bits per heavy atom. The first-order chi connectivity index (χ1) is 7.13. The number of nitrogens with one attached hydrogen (secondary N) is 1. The van der Waals surface area contributed by atoms with Gasteiger partial charge >= 0.3 is 13.1 Å². The van der Waals surface area contributed by atoms with Crippen molar-refractivity contribution in [2.75, 3.05) is 0 Å². The summed E-state index contributed by atoms with van der Waals surface area (Å²) in [6, 6.07) is 5.68. The van der Waals surface area contributed by atoms with Crippen LogP contribution in [0.25, 0.3) is 0 Å². The van der Waals surface area contributed by atoms with Gasteiger partial charge in [-0.05, 0) is 17.6 Å². The number of hydrogen-bond acceptors (Lipinski definition) is 3. The summed E-state index contributed by atoms with van der Waals surface area (Å²) in [7, 11) is -0.891. The van der Waals surface area contributed by atoms with Crippen LogP contribution in [0.4, 0.5) is 4.79 Å². The molecule has 0 saturated carbocycles. The molecule has 0 unspecified atom stereocenters.